The molecule has 0 fully saturated rings. The van der Waals surface area contributed by atoms with Gasteiger partial charge in [0.05, 0.1) is 0 Å². The summed E-state index contributed by atoms with van der Waals surface area (Å²) in [5.74, 6) is 0. The number of benzene rings is 2. The van der Waals surface area contributed by atoms with Crippen LogP contribution in [-0.2, 0) is 30.2 Å². The molecular formula is C23H29FeN3. The van der Waals surface area contributed by atoms with Gasteiger partial charge in [-0.1, -0.05) is 6.07 Å². The Balaban J connectivity index is 0.000000380. The number of aromatic nitrogens is 1. The fourth-order valence-electron chi connectivity index (χ4n) is 2.05. The summed E-state index contributed by atoms with van der Waals surface area (Å²) < 4.78 is 0. The number of pyridine rings is 1. The van der Waals surface area contributed by atoms with E-state index in [9.17, 15) is 0 Å². The summed E-state index contributed by atoms with van der Waals surface area (Å²) in [6.07, 6.45) is 3.50. The van der Waals surface area contributed by atoms with E-state index in [1.54, 1.807) is 12.4 Å². The third kappa shape index (κ3) is 14.8. The average molecular weight is 403 g/mol. The zero-order chi connectivity index (χ0) is 19.0. The molecule has 1 aromatic heterocycles. The van der Waals surface area contributed by atoms with Gasteiger partial charge in [0.2, 0.25) is 0 Å². The zero-order valence-corrected chi connectivity index (χ0v) is 17.7. The maximum atomic E-state index is 3.78. The zero-order valence-electron chi connectivity index (χ0n) is 16.6. The van der Waals surface area contributed by atoms with Crippen molar-refractivity contribution in [1.29, 1.82) is 0 Å². The standard InChI is InChI=1S/2C9H12N.C5H5N.Fe/c2*1-10(2)8-9-6-4-3-5-7-9;1-2-4-6-5-3-1;/h2*3-6H,8H2,1-2H3;1-5H;/q2*-1;;+2. The normalized spacial score (nSPS) is 9.41. The molecule has 3 rings (SSSR count). The third-order valence-electron chi connectivity index (χ3n) is 3.09. The van der Waals surface area contributed by atoms with Gasteiger partial charge >= 0.3 is 17.1 Å². The van der Waals surface area contributed by atoms with Crippen LogP contribution in [0, 0.1) is 12.1 Å². The Kier molecular flexibility index (Phi) is 15.0. The van der Waals surface area contributed by atoms with E-state index in [0.717, 1.165) is 13.1 Å². The topological polar surface area (TPSA) is 19.4 Å². The van der Waals surface area contributed by atoms with Crippen molar-refractivity contribution < 1.29 is 17.1 Å². The van der Waals surface area contributed by atoms with E-state index < -0.39 is 0 Å². The van der Waals surface area contributed by atoms with Crippen LogP contribution in [0.4, 0.5) is 0 Å². The first-order valence-electron chi connectivity index (χ1n) is 8.63. The molecule has 0 aliphatic carbocycles. The third-order valence-corrected chi connectivity index (χ3v) is 3.09. The molecule has 0 atom stereocenters. The number of nitrogens with zero attached hydrogens (tertiary/aromatic N) is 3. The van der Waals surface area contributed by atoms with E-state index >= 15 is 0 Å². The molecule has 27 heavy (non-hydrogen) atoms. The van der Waals surface area contributed by atoms with E-state index in [-0.39, 0.29) is 17.1 Å². The maximum Gasteiger partial charge on any atom is 2.00 e. The van der Waals surface area contributed by atoms with Gasteiger partial charge in [-0.25, -0.2) is 0 Å². The smallest absolute Gasteiger partial charge is 0.307 e. The van der Waals surface area contributed by atoms with Crippen molar-refractivity contribution >= 4 is 0 Å². The molecule has 1 heterocycles. The first-order valence-corrected chi connectivity index (χ1v) is 8.63. The van der Waals surface area contributed by atoms with Crippen molar-refractivity contribution in [2.45, 2.75) is 13.1 Å². The molecule has 0 bridgehead atoms. The minimum absolute atomic E-state index is 0. The summed E-state index contributed by atoms with van der Waals surface area (Å²) in [4.78, 5) is 8.05. The van der Waals surface area contributed by atoms with Gasteiger partial charge in [0.15, 0.2) is 0 Å². The predicted octanol–water partition coefficient (Wildman–Crippen LogP) is 4.18. The van der Waals surface area contributed by atoms with Crippen LogP contribution in [0.1, 0.15) is 11.1 Å². The Morgan fingerprint density at radius 2 is 1.11 bits per heavy atom. The van der Waals surface area contributed by atoms with Gasteiger partial charge in [0.1, 0.15) is 0 Å². The summed E-state index contributed by atoms with van der Waals surface area (Å²) in [6, 6.07) is 28.1. The maximum absolute atomic E-state index is 3.78. The summed E-state index contributed by atoms with van der Waals surface area (Å²) >= 11 is 0. The fraction of sp³-hybridized carbons (Fsp3) is 0.261. The summed E-state index contributed by atoms with van der Waals surface area (Å²) in [5.41, 5.74) is 2.49. The Bertz CT molecular complexity index is 587. The fourth-order valence-corrected chi connectivity index (χ4v) is 2.05. The van der Waals surface area contributed by atoms with E-state index in [2.05, 4.69) is 67.2 Å². The van der Waals surface area contributed by atoms with Crippen molar-refractivity contribution in [2.24, 2.45) is 0 Å². The van der Waals surface area contributed by atoms with Crippen LogP contribution in [0.15, 0.2) is 79.1 Å². The van der Waals surface area contributed by atoms with Crippen LogP contribution in [0.25, 0.3) is 0 Å². The largest absolute Gasteiger partial charge is 2.00 e. The SMILES string of the molecule is CN(C)Cc1[c-]cccc1.CN(C)Cc1[c-]cccc1.[Fe+2].c1ccncc1. The summed E-state index contributed by atoms with van der Waals surface area (Å²) in [6.45, 7) is 1.95. The van der Waals surface area contributed by atoms with Crippen molar-refractivity contribution in [3.63, 3.8) is 0 Å². The monoisotopic (exact) mass is 403 g/mol. The molecule has 0 N–H and O–H groups in total. The molecule has 2 aromatic carbocycles. The molecule has 0 saturated carbocycles. The molecule has 4 heteroatoms. The molecule has 0 unspecified atom stereocenters. The van der Waals surface area contributed by atoms with Crippen LogP contribution >= 0.6 is 0 Å². The molecule has 0 amide bonds. The summed E-state index contributed by atoms with van der Waals surface area (Å²) in [7, 11) is 8.23. The minimum atomic E-state index is 0. The van der Waals surface area contributed by atoms with Gasteiger partial charge in [0.25, 0.3) is 0 Å². The molecular weight excluding hydrogens is 374 g/mol. The second kappa shape index (κ2) is 16.2. The Morgan fingerprint density at radius 1 is 0.667 bits per heavy atom. The molecule has 0 radical (unpaired) electrons. The van der Waals surface area contributed by atoms with Crippen molar-refractivity contribution in [3.8, 4) is 0 Å². The molecule has 0 saturated heterocycles. The van der Waals surface area contributed by atoms with E-state index in [1.807, 2.05) is 54.6 Å². The van der Waals surface area contributed by atoms with Crippen molar-refractivity contribution in [2.75, 3.05) is 28.2 Å². The van der Waals surface area contributed by atoms with Crippen LogP contribution in [0.3, 0.4) is 0 Å². The first kappa shape index (κ1) is 25.0. The van der Waals surface area contributed by atoms with Gasteiger partial charge in [0, 0.05) is 25.5 Å². The van der Waals surface area contributed by atoms with Crippen molar-refractivity contribution in [1.82, 2.24) is 14.8 Å². The van der Waals surface area contributed by atoms with Crippen LogP contribution in [0.5, 0.6) is 0 Å². The number of hydrogen-bond acceptors (Lipinski definition) is 3. The first-order chi connectivity index (χ1) is 12.6. The Labute approximate surface area is 175 Å². The van der Waals surface area contributed by atoms with Gasteiger partial charge in [-0.3, -0.25) is 4.98 Å². The average Bonchev–Trinajstić information content (AvgIpc) is 2.65. The molecule has 0 aliphatic heterocycles. The van der Waals surface area contributed by atoms with Gasteiger partial charge < -0.3 is 9.80 Å². The van der Waals surface area contributed by atoms with E-state index in [0.29, 0.717) is 0 Å². The second-order valence-electron chi connectivity index (χ2n) is 6.28. The van der Waals surface area contributed by atoms with Crippen LogP contribution in [-0.4, -0.2) is 43.0 Å². The minimum Gasteiger partial charge on any atom is -0.307 e. The Morgan fingerprint density at radius 3 is 1.33 bits per heavy atom. The molecule has 3 aromatic rings. The molecule has 3 nitrogen and oxygen atoms in total. The number of hydrogen-bond donors (Lipinski definition) is 0. The molecule has 0 aliphatic rings. The van der Waals surface area contributed by atoms with Gasteiger partial charge in [-0.2, -0.15) is 60.7 Å². The summed E-state index contributed by atoms with van der Waals surface area (Å²) in [5, 5.41) is 0. The second-order valence-corrected chi connectivity index (χ2v) is 6.28. The van der Waals surface area contributed by atoms with E-state index in [4.69, 9.17) is 0 Å². The van der Waals surface area contributed by atoms with Crippen LogP contribution < -0.4 is 0 Å². The molecule has 0 spiro atoms. The van der Waals surface area contributed by atoms with Crippen molar-refractivity contribution in [3.05, 3.63) is 102 Å². The van der Waals surface area contributed by atoms with Gasteiger partial charge in [-0.05, 0) is 40.3 Å². The quantitative estimate of drug-likeness (QED) is 0.482. The predicted molar refractivity (Wildman–Crippen MR) is 110 cm³/mol. The van der Waals surface area contributed by atoms with Gasteiger partial charge in [-0.15, -0.1) is 11.1 Å². The van der Waals surface area contributed by atoms with Crippen LogP contribution in [0.2, 0.25) is 0 Å². The Hall–Kier alpha value is -1.97. The molecule has 144 valence electrons. The van der Waals surface area contributed by atoms with E-state index in [1.165, 1.54) is 11.1 Å². The number of rotatable bonds is 4.